The molecular formula is C19H22ClN3O. The maximum absolute atomic E-state index is 12.6. The number of carbonyl (C=O) groups excluding carboxylic acids is 1. The molecule has 1 aliphatic heterocycles. The Balaban J connectivity index is 1.49. The van der Waals surface area contributed by atoms with Gasteiger partial charge in [-0.05, 0) is 49.1 Å². The smallest absolute Gasteiger partial charge is 0.229 e. The van der Waals surface area contributed by atoms with Gasteiger partial charge >= 0.3 is 0 Å². The minimum atomic E-state index is -0.334. The molecule has 0 atom stereocenters. The molecule has 1 amide bonds. The Kier molecular flexibility index (Phi) is 5.48. The summed E-state index contributed by atoms with van der Waals surface area (Å²) in [6, 6.07) is 13.7. The Labute approximate surface area is 147 Å². The zero-order valence-corrected chi connectivity index (χ0v) is 14.4. The highest BCUT2D eigenvalue weighted by molar-refractivity contribution is 6.30. The van der Waals surface area contributed by atoms with E-state index in [0.29, 0.717) is 6.54 Å². The quantitative estimate of drug-likeness (QED) is 0.760. The Hall–Kier alpha value is -1.91. The predicted octanol–water partition coefficient (Wildman–Crippen LogP) is 2.62. The number of benzene rings is 1. The summed E-state index contributed by atoms with van der Waals surface area (Å²) in [5, 5.41) is 7.05. The zero-order chi connectivity index (χ0) is 16.8. The van der Waals surface area contributed by atoms with Crippen LogP contribution in [0.25, 0.3) is 0 Å². The maximum Gasteiger partial charge on any atom is 0.229 e. The van der Waals surface area contributed by atoms with Crippen LogP contribution in [0.2, 0.25) is 5.02 Å². The lowest BCUT2D eigenvalue weighted by Crippen LogP contribution is -2.62. The lowest BCUT2D eigenvalue weighted by Gasteiger charge is -2.41. The van der Waals surface area contributed by atoms with Crippen LogP contribution in [-0.4, -0.2) is 30.5 Å². The van der Waals surface area contributed by atoms with Crippen LogP contribution in [0.15, 0.2) is 48.7 Å². The topological polar surface area (TPSA) is 54.0 Å². The number of nitrogens with one attached hydrogen (secondary N) is 2. The first-order chi connectivity index (χ1) is 11.7. The molecule has 2 aromatic rings. The van der Waals surface area contributed by atoms with Crippen molar-refractivity contribution < 1.29 is 4.79 Å². The minimum absolute atomic E-state index is 0.136. The number of carbonyl (C=O) groups is 1. The van der Waals surface area contributed by atoms with Gasteiger partial charge in [-0.3, -0.25) is 9.78 Å². The van der Waals surface area contributed by atoms with Gasteiger partial charge < -0.3 is 10.6 Å². The second kappa shape index (κ2) is 7.77. The average molecular weight is 344 g/mol. The molecule has 1 aromatic heterocycles. The number of rotatable bonds is 7. The number of pyridine rings is 1. The first kappa shape index (κ1) is 16.9. The van der Waals surface area contributed by atoms with E-state index in [-0.39, 0.29) is 11.3 Å². The van der Waals surface area contributed by atoms with Crippen molar-refractivity contribution in [1.29, 1.82) is 0 Å². The molecule has 0 unspecified atom stereocenters. The van der Waals surface area contributed by atoms with Crippen LogP contribution in [0.4, 0.5) is 0 Å². The van der Waals surface area contributed by atoms with Gasteiger partial charge in [-0.25, -0.2) is 0 Å². The van der Waals surface area contributed by atoms with Gasteiger partial charge in [0.1, 0.15) is 0 Å². The van der Waals surface area contributed by atoms with Crippen molar-refractivity contribution in [3.05, 3.63) is 64.9 Å². The van der Waals surface area contributed by atoms with Gasteiger partial charge in [0.05, 0.1) is 5.41 Å². The number of nitrogens with zero attached hydrogens (tertiary/aromatic N) is 1. The summed E-state index contributed by atoms with van der Waals surface area (Å²) in [7, 11) is 0. The fourth-order valence-corrected chi connectivity index (χ4v) is 3.12. The molecule has 126 valence electrons. The molecule has 1 aliphatic rings. The highest BCUT2D eigenvalue weighted by Crippen LogP contribution is 2.28. The van der Waals surface area contributed by atoms with E-state index in [2.05, 4.69) is 15.6 Å². The summed E-state index contributed by atoms with van der Waals surface area (Å²) < 4.78 is 0. The monoisotopic (exact) mass is 343 g/mol. The molecule has 24 heavy (non-hydrogen) atoms. The van der Waals surface area contributed by atoms with Gasteiger partial charge in [0.15, 0.2) is 0 Å². The fraction of sp³-hybridized carbons (Fsp3) is 0.368. The highest BCUT2D eigenvalue weighted by atomic mass is 35.5. The summed E-state index contributed by atoms with van der Waals surface area (Å²) >= 11 is 5.93. The molecule has 0 bridgehead atoms. The van der Waals surface area contributed by atoms with Gasteiger partial charge in [0, 0.05) is 36.5 Å². The number of aryl methyl sites for hydroxylation is 1. The largest absolute Gasteiger partial charge is 0.356 e. The van der Waals surface area contributed by atoms with E-state index in [1.807, 2.05) is 42.5 Å². The van der Waals surface area contributed by atoms with Gasteiger partial charge in [0.25, 0.3) is 0 Å². The van der Waals surface area contributed by atoms with Crippen molar-refractivity contribution >= 4 is 17.5 Å². The van der Waals surface area contributed by atoms with Crippen LogP contribution < -0.4 is 10.6 Å². The lowest BCUT2D eigenvalue weighted by atomic mass is 9.75. The Morgan fingerprint density at radius 3 is 2.62 bits per heavy atom. The van der Waals surface area contributed by atoms with Gasteiger partial charge in [-0.1, -0.05) is 29.8 Å². The van der Waals surface area contributed by atoms with E-state index in [1.54, 1.807) is 6.20 Å². The molecular weight excluding hydrogens is 322 g/mol. The number of hydrogen-bond donors (Lipinski definition) is 2. The molecule has 3 rings (SSSR count). The van der Waals surface area contributed by atoms with E-state index in [4.69, 9.17) is 11.6 Å². The predicted molar refractivity (Wildman–Crippen MR) is 96.0 cm³/mol. The normalized spacial score (nSPS) is 15.5. The second-order valence-electron chi connectivity index (χ2n) is 6.37. The van der Waals surface area contributed by atoms with Crippen molar-refractivity contribution in [2.24, 2.45) is 5.41 Å². The van der Waals surface area contributed by atoms with Gasteiger partial charge in [-0.2, -0.15) is 0 Å². The van der Waals surface area contributed by atoms with Crippen molar-refractivity contribution in [3.63, 3.8) is 0 Å². The Morgan fingerprint density at radius 1 is 1.21 bits per heavy atom. The molecule has 2 heterocycles. The SMILES string of the molecule is O=C(NCCCc1ccccn1)C1(Cc2ccc(Cl)cc2)CNC1. The molecule has 1 fully saturated rings. The van der Waals surface area contributed by atoms with E-state index >= 15 is 0 Å². The summed E-state index contributed by atoms with van der Waals surface area (Å²) in [6.45, 7) is 2.13. The van der Waals surface area contributed by atoms with Crippen LogP contribution in [0, 0.1) is 5.41 Å². The number of halogens is 1. The number of hydrogen-bond acceptors (Lipinski definition) is 3. The van der Waals surface area contributed by atoms with Crippen LogP contribution in [0.3, 0.4) is 0 Å². The Bertz CT molecular complexity index is 669. The lowest BCUT2D eigenvalue weighted by molar-refractivity contribution is -0.133. The molecule has 2 N–H and O–H groups in total. The van der Waals surface area contributed by atoms with Crippen LogP contribution in [-0.2, 0) is 17.6 Å². The fourth-order valence-electron chi connectivity index (χ4n) is 2.99. The molecule has 0 spiro atoms. The molecule has 1 aromatic carbocycles. The summed E-state index contributed by atoms with van der Waals surface area (Å²) in [5.41, 5.74) is 1.87. The second-order valence-corrected chi connectivity index (χ2v) is 6.80. The van der Waals surface area contributed by atoms with Crippen molar-refractivity contribution in [3.8, 4) is 0 Å². The van der Waals surface area contributed by atoms with Crippen molar-refractivity contribution in [1.82, 2.24) is 15.6 Å². The third kappa shape index (κ3) is 4.13. The summed E-state index contributed by atoms with van der Waals surface area (Å²) in [5.74, 6) is 0.136. The zero-order valence-electron chi connectivity index (χ0n) is 13.6. The van der Waals surface area contributed by atoms with E-state index in [9.17, 15) is 4.79 Å². The number of aromatic nitrogens is 1. The minimum Gasteiger partial charge on any atom is -0.356 e. The van der Waals surface area contributed by atoms with Crippen LogP contribution in [0.5, 0.6) is 0 Å². The van der Waals surface area contributed by atoms with E-state index in [0.717, 1.165) is 48.6 Å². The Morgan fingerprint density at radius 2 is 2.00 bits per heavy atom. The van der Waals surface area contributed by atoms with Crippen LogP contribution in [0.1, 0.15) is 17.7 Å². The molecule has 4 nitrogen and oxygen atoms in total. The average Bonchev–Trinajstić information content (AvgIpc) is 2.57. The maximum atomic E-state index is 12.6. The van der Waals surface area contributed by atoms with Crippen LogP contribution >= 0.6 is 11.6 Å². The standard InChI is InChI=1S/C19H22ClN3O/c20-16-8-6-15(7-9-16)12-19(13-21-14-19)18(24)23-11-3-5-17-4-1-2-10-22-17/h1-2,4,6-10,21H,3,5,11-14H2,(H,23,24). The molecule has 0 aliphatic carbocycles. The molecule has 1 saturated heterocycles. The van der Waals surface area contributed by atoms with Crippen molar-refractivity contribution in [2.45, 2.75) is 19.3 Å². The highest BCUT2D eigenvalue weighted by Gasteiger charge is 2.43. The van der Waals surface area contributed by atoms with Crippen molar-refractivity contribution in [2.75, 3.05) is 19.6 Å². The third-order valence-electron chi connectivity index (χ3n) is 4.49. The van der Waals surface area contributed by atoms with Gasteiger partial charge in [-0.15, -0.1) is 0 Å². The van der Waals surface area contributed by atoms with E-state index in [1.165, 1.54) is 0 Å². The van der Waals surface area contributed by atoms with Gasteiger partial charge in [0.2, 0.25) is 5.91 Å². The first-order valence-electron chi connectivity index (χ1n) is 8.31. The first-order valence-corrected chi connectivity index (χ1v) is 8.69. The third-order valence-corrected chi connectivity index (χ3v) is 4.74. The molecule has 0 saturated carbocycles. The number of amides is 1. The molecule has 5 heteroatoms. The summed E-state index contributed by atoms with van der Waals surface area (Å²) in [6.07, 6.45) is 4.31. The summed E-state index contributed by atoms with van der Waals surface area (Å²) in [4.78, 5) is 16.9. The molecule has 0 radical (unpaired) electrons. The van der Waals surface area contributed by atoms with E-state index < -0.39 is 0 Å².